The summed E-state index contributed by atoms with van der Waals surface area (Å²) in [5, 5.41) is -0.752. The van der Waals surface area contributed by atoms with Crippen LogP contribution in [0.3, 0.4) is 0 Å². The highest BCUT2D eigenvalue weighted by molar-refractivity contribution is 7.96. The molecule has 1 aromatic rings. The second-order valence-electron chi connectivity index (χ2n) is 12.4. The van der Waals surface area contributed by atoms with E-state index in [1.54, 1.807) is 20.8 Å². The minimum Gasteiger partial charge on any atom is -0.453 e. The number of nitrogens with zero attached hydrogens (tertiary/aromatic N) is 2. The van der Waals surface area contributed by atoms with Gasteiger partial charge >= 0.3 is 6.09 Å². The quantitative estimate of drug-likeness (QED) is 0.0895. The molecule has 0 aliphatic carbocycles. The SMILES string of the molecule is CCCCCCCCCCCCCCCCCCCC(C)=NS(=O)(=O)c1cc2c(s1)S(=O)(=O)[C@@H](C)C[C@@H]2N(CC)C(=O)OC. The van der Waals surface area contributed by atoms with Gasteiger partial charge in [0.15, 0.2) is 9.84 Å². The van der Waals surface area contributed by atoms with Crippen LogP contribution in [0.15, 0.2) is 18.9 Å². The molecule has 0 saturated heterocycles. The van der Waals surface area contributed by atoms with Gasteiger partial charge < -0.3 is 9.64 Å². The highest BCUT2D eigenvalue weighted by Gasteiger charge is 2.43. The molecule has 0 aromatic carbocycles. The molecule has 0 N–H and O–H groups in total. The maximum absolute atomic E-state index is 13.2. The largest absolute Gasteiger partial charge is 0.453 e. The fraction of sp³-hybridized carbons (Fsp3) is 0.818. The van der Waals surface area contributed by atoms with E-state index >= 15 is 0 Å². The molecule has 0 spiro atoms. The second kappa shape index (κ2) is 19.9. The molecule has 0 unspecified atom stereocenters. The first kappa shape index (κ1) is 38.7. The molecular formula is C33H58N2O6S3. The maximum Gasteiger partial charge on any atom is 0.409 e. The molecule has 0 bridgehead atoms. The zero-order chi connectivity index (χ0) is 32.6. The summed E-state index contributed by atoms with van der Waals surface area (Å²) in [7, 11) is -6.50. The molecule has 44 heavy (non-hydrogen) atoms. The van der Waals surface area contributed by atoms with Crippen molar-refractivity contribution in [3.63, 3.8) is 0 Å². The zero-order valence-electron chi connectivity index (χ0n) is 27.9. The molecule has 1 aliphatic heterocycles. The van der Waals surface area contributed by atoms with E-state index in [9.17, 15) is 21.6 Å². The lowest BCUT2D eigenvalue weighted by atomic mass is 10.0. The summed E-state index contributed by atoms with van der Waals surface area (Å²) in [6, 6.07) is 0.808. The molecule has 0 saturated carbocycles. The van der Waals surface area contributed by atoms with Gasteiger partial charge in [-0.25, -0.2) is 13.2 Å². The van der Waals surface area contributed by atoms with Gasteiger partial charge in [-0.1, -0.05) is 110 Å². The molecule has 1 aliphatic rings. The molecule has 254 valence electrons. The van der Waals surface area contributed by atoms with Gasteiger partial charge in [0.1, 0.15) is 8.42 Å². The van der Waals surface area contributed by atoms with Crippen LogP contribution in [0.25, 0.3) is 0 Å². The number of sulfonamides is 1. The normalized spacial score (nSPS) is 18.2. The zero-order valence-corrected chi connectivity index (χ0v) is 30.4. The summed E-state index contributed by atoms with van der Waals surface area (Å²) in [4.78, 5) is 13.8. The Hall–Kier alpha value is -1.46. The molecule has 11 heteroatoms. The summed E-state index contributed by atoms with van der Waals surface area (Å²) in [5.41, 5.74) is 0.856. The Kier molecular flexibility index (Phi) is 17.5. The van der Waals surface area contributed by atoms with E-state index in [1.165, 1.54) is 108 Å². The van der Waals surface area contributed by atoms with Gasteiger partial charge in [-0.3, -0.25) is 0 Å². The van der Waals surface area contributed by atoms with Crippen LogP contribution in [-0.4, -0.2) is 52.4 Å². The Labute approximate surface area is 272 Å². The predicted octanol–water partition coefficient (Wildman–Crippen LogP) is 9.63. The number of hydrogen-bond acceptors (Lipinski definition) is 7. The summed E-state index contributed by atoms with van der Waals surface area (Å²) in [6.45, 7) is 7.65. The van der Waals surface area contributed by atoms with Crippen molar-refractivity contribution in [2.75, 3.05) is 13.7 Å². The Bertz CT molecular complexity index is 1240. The minimum absolute atomic E-state index is 0.00296. The fourth-order valence-electron chi connectivity index (χ4n) is 5.99. The van der Waals surface area contributed by atoms with Gasteiger partial charge in [0.2, 0.25) is 0 Å². The van der Waals surface area contributed by atoms with Crippen molar-refractivity contribution in [2.24, 2.45) is 4.40 Å². The molecular weight excluding hydrogens is 617 g/mol. The van der Waals surface area contributed by atoms with Gasteiger partial charge in [-0.05, 0) is 46.1 Å². The average molecular weight is 675 g/mol. The molecule has 0 radical (unpaired) electrons. The first-order chi connectivity index (χ1) is 21.0. The van der Waals surface area contributed by atoms with E-state index in [1.807, 2.05) is 0 Å². The van der Waals surface area contributed by atoms with E-state index in [-0.39, 0.29) is 14.8 Å². The third kappa shape index (κ3) is 12.0. The first-order valence-corrected chi connectivity index (χ1v) is 20.8. The molecule has 0 fully saturated rings. The molecule has 1 amide bonds. The number of thiophene rings is 1. The van der Waals surface area contributed by atoms with Gasteiger partial charge in [0.05, 0.1) is 18.4 Å². The Balaban J connectivity index is 1.75. The van der Waals surface area contributed by atoms with Crippen molar-refractivity contribution in [3.05, 3.63) is 11.6 Å². The van der Waals surface area contributed by atoms with Crippen LogP contribution in [0, 0.1) is 0 Å². The molecule has 2 rings (SSSR count). The predicted molar refractivity (Wildman–Crippen MR) is 182 cm³/mol. The van der Waals surface area contributed by atoms with Crippen LogP contribution >= 0.6 is 11.3 Å². The number of hydrogen-bond donors (Lipinski definition) is 0. The third-order valence-corrected chi connectivity index (χ3v) is 14.5. The van der Waals surface area contributed by atoms with E-state index in [4.69, 9.17) is 4.74 Å². The van der Waals surface area contributed by atoms with Crippen LogP contribution in [0.4, 0.5) is 4.79 Å². The summed E-state index contributed by atoms with van der Waals surface area (Å²) >= 11 is 0.735. The molecule has 2 atom stereocenters. The van der Waals surface area contributed by atoms with Crippen LogP contribution in [0.5, 0.6) is 0 Å². The Morgan fingerprint density at radius 3 is 1.84 bits per heavy atom. The van der Waals surface area contributed by atoms with E-state index in [2.05, 4.69) is 11.3 Å². The van der Waals surface area contributed by atoms with Gasteiger partial charge in [-0.15, -0.1) is 11.3 Å². The average Bonchev–Trinajstić information content (AvgIpc) is 3.45. The van der Waals surface area contributed by atoms with Crippen molar-refractivity contribution < 1.29 is 26.4 Å². The van der Waals surface area contributed by atoms with Gasteiger partial charge in [0, 0.05) is 17.8 Å². The van der Waals surface area contributed by atoms with E-state index in [0.717, 1.165) is 30.6 Å². The Morgan fingerprint density at radius 2 is 1.39 bits per heavy atom. The molecule has 2 heterocycles. The number of amides is 1. The summed E-state index contributed by atoms with van der Waals surface area (Å²) < 4.78 is 61.4. The number of rotatable bonds is 22. The van der Waals surface area contributed by atoms with Crippen LogP contribution in [0.1, 0.15) is 161 Å². The molecule has 8 nitrogen and oxygen atoms in total. The number of sulfone groups is 1. The monoisotopic (exact) mass is 674 g/mol. The highest BCUT2D eigenvalue weighted by Crippen LogP contribution is 2.45. The Morgan fingerprint density at radius 1 is 0.909 bits per heavy atom. The summed E-state index contributed by atoms with van der Waals surface area (Å²) in [5.74, 6) is 0. The lowest BCUT2D eigenvalue weighted by Gasteiger charge is -2.34. The lowest BCUT2D eigenvalue weighted by Crippen LogP contribution is -2.40. The smallest absolute Gasteiger partial charge is 0.409 e. The van der Waals surface area contributed by atoms with Crippen molar-refractivity contribution in [1.29, 1.82) is 0 Å². The van der Waals surface area contributed by atoms with Crippen LogP contribution in [-0.2, 0) is 24.6 Å². The number of unbranched alkanes of at least 4 members (excludes halogenated alkanes) is 16. The minimum atomic E-state index is -4.07. The van der Waals surface area contributed by atoms with E-state index < -0.39 is 37.2 Å². The molecule has 1 aromatic heterocycles. The van der Waals surface area contributed by atoms with Crippen LogP contribution < -0.4 is 0 Å². The second-order valence-corrected chi connectivity index (χ2v) is 17.8. The number of fused-ring (bicyclic) bond motifs is 1. The highest BCUT2D eigenvalue weighted by atomic mass is 32.3. The topological polar surface area (TPSA) is 110 Å². The van der Waals surface area contributed by atoms with E-state index in [0.29, 0.717) is 24.2 Å². The van der Waals surface area contributed by atoms with Crippen molar-refractivity contribution in [3.8, 4) is 0 Å². The van der Waals surface area contributed by atoms with Crippen LogP contribution in [0.2, 0.25) is 0 Å². The standard InChI is InChI=1S/C33H58N2O6S3/c1-6-8-9-10-11-12-13-14-15-16-17-18-19-20-21-22-23-24-27(3)34-44(39,40)31-26-29-30(35(7-2)33(36)41-5)25-28(4)43(37,38)32(29)42-31/h26,28,30H,6-25H2,1-5H3/t28-,30-/m0/s1. The number of methoxy groups -OCH3 is 1. The summed E-state index contributed by atoms with van der Waals surface area (Å²) in [6.07, 6.45) is 22.1. The third-order valence-electron chi connectivity index (χ3n) is 8.70. The van der Waals surface area contributed by atoms with Crippen molar-refractivity contribution >= 4 is 43.0 Å². The van der Waals surface area contributed by atoms with Gasteiger partial charge in [-0.2, -0.15) is 12.8 Å². The number of carbonyl (C=O) groups is 1. The maximum atomic E-state index is 13.2. The van der Waals surface area contributed by atoms with Crippen molar-refractivity contribution in [2.45, 2.75) is 169 Å². The lowest BCUT2D eigenvalue weighted by molar-refractivity contribution is 0.104. The fourth-order valence-corrected chi connectivity index (χ4v) is 11.0. The first-order valence-electron chi connectivity index (χ1n) is 17.0. The number of ether oxygens (including phenoxy) is 1. The number of carbonyl (C=O) groups excluding carboxylic acids is 1. The van der Waals surface area contributed by atoms with Crippen molar-refractivity contribution in [1.82, 2.24) is 4.90 Å². The van der Waals surface area contributed by atoms with Gasteiger partial charge in [0.25, 0.3) is 10.0 Å².